The lowest BCUT2D eigenvalue weighted by atomic mass is 9.99. The molecule has 0 N–H and O–H groups in total. The summed E-state index contributed by atoms with van der Waals surface area (Å²) in [5, 5.41) is 10.7. The second-order valence-corrected chi connectivity index (χ2v) is 5.05. The topological polar surface area (TPSA) is 61.6 Å². The molecule has 0 amide bonds. The fourth-order valence-corrected chi connectivity index (χ4v) is 1.97. The van der Waals surface area contributed by atoms with E-state index in [4.69, 9.17) is 9.47 Å². The fourth-order valence-electron chi connectivity index (χ4n) is 1.97. The normalized spacial score (nSPS) is 11.6. The van der Waals surface area contributed by atoms with Gasteiger partial charge in [-0.25, -0.2) is 0 Å². The Balaban J connectivity index is 3.32. The molecule has 1 rings (SSSR count). The molecule has 5 nitrogen and oxygen atoms in total. The van der Waals surface area contributed by atoms with Crippen LogP contribution in [0.15, 0.2) is 17.8 Å². The molecule has 0 bridgehead atoms. The Bertz CT molecular complexity index is 521. The van der Waals surface area contributed by atoms with Crippen molar-refractivity contribution in [3.63, 3.8) is 0 Å². The summed E-state index contributed by atoms with van der Waals surface area (Å²) in [6, 6.07) is 3.67. The van der Waals surface area contributed by atoms with Crippen LogP contribution in [0, 0.1) is 16.0 Å². The highest BCUT2D eigenvalue weighted by Gasteiger charge is 2.13. The van der Waals surface area contributed by atoms with Crippen molar-refractivity contribution in [3.05, 3.63) is 39.1 Å². The Hall–Kier alpha value is -2.04. The van der Waals surface area contributed by atoms with E-state index in [1.54, 1.807) is 20.3 Å². The van der Waals surface area contributed by atoms with Crippen LogP contribution in [0.4, 0.5) is 0 Å². The van der Waals surface area contributed by atoms with Gasteiger partial charge in [0.1, 0.15) is 11.5 Å². The van der Waals surface area contributed by atoms with Crippen molar-refractivity contribution >= 4 is 6.08 Å². The molecular weight excluding hydrogens is 258 g/mol. The number of ether oxygens (including phenoxy) is 2. The molecule has 0 aliphatic rings. The summed E-state index contributed by atoms with van der Waals surface area (Å²) in [4.78, 5) is 10.3. The number of nitrogens with zero attached hydrogens (tertiary/aromatic N) is 1. The number of nitro groups is 1. The Morgan fingerprint density at radius 1 is 1.30 bits per heavy atom. The Labute approximate surface area is 119 Å². The molecule has 1 aromatic carbocycles. The minimum atomic E-state index is -0.423. The first-order chi connectivity index (χ1) is 9.38. The smallest absolute Gasteiger partial charge is 0.243 e. The van der Waals surface area contributed by atoms with Crippen molar-refractivity contribution in [1.82, 2.24) is 0 Å². The van der Waals surface area contributed by atoms with E-state index in [-0.39, 0.29) is 5.70 Å². The van der Waals surface area contributed by atoms with Gasteiger partial charge < -0.3 is 9.47 Å². The summed E-state index contributed by atoms with van der Waals surface area (Å²) in [5.74, 6) is 1.82. The number of rotatable bonds is 6. The van der Waals surface area contributed by atoms with Crippen molar-refractivity contribution in [2.24, 2.45) is 5.92 Å². The van der Waals surface area contributed by atoms with E-state index in [0.717, 1.165) is 17.7 Å². The van der Waals surface area contributed by atoms with Crippen LogP contribution in [0.3, 0.4) is 0 Å². The molecule has 0 aromatic heterocycles. The van der Waals surface area contributed by atoms with Gasteiger partial charge >= 0.3 is 0 Å². The summed E-state index contributed by atoms with van der Waals surface area (Å²) >= 11 is 0. The molecule has 0 aliphatic carbocycles. The zero-order chi connectivity index (χ0) is 15.3. The first-order valence-electron chi connectivity index (χ1n) is 6.46. The van der Waals surface area contributed by atoms with Gasteiger partial charge in [0.15, 0.2) is 0 Å². The maximum Gasteiger partial charge on any atom is 0.243 e. The monoisotopic (exact) mass is 279 g/mol. The van der Waals surface area contributed by atoms with Gasteiger partial charge in [-0.3, -0.25) is 10.1 Å². The average molecular weight is 279 g/mol. The van der Waals surface area contributed by atoms with Crippen molar-refractivity contribution in [2.75, 3.05) is 14.2 Å². The Kier molecular flexibility index (Phi) is 5.55. The molecule has 1 aromatic rings. The number of methoxy groups -OCH3 is 2. The van der Waals surface area contributed by atoms with E-state index in [9.17, 15) is 10.1 Å². The predicted molar refractivity (Wildman–Crippen MR) is 78.7 cm³/mol. The van der Waals surface area contributed by atoms with Crippen molar-refractivity contribution < 1.29 is 14.4 Å². The van der Waals surface area contributed by atoms with Crippen LogP contribution in [-0.2, 0) is 6.42 Å². The van der Waals surface area contributed by atoms with Crippen LogP contribution >= 0.6 is 0 Å². The molecule has 0 radical (unpaired) electrons. The third kappa shape index (κ3) is 3.98. The number of hydrogen-bond acceptors (Lipinski definition) is 4. The Morgan fingerprint density at radius 3 is 2.35 bits per heavy atom. The summed E-state index contributed by atoms with van der Waals surface area (Å²) in [5.41, 5.74) is 1.74. The van der Waals surface area contributed by atoms with E-state index in [1.807, 2.05) is 6.07 Å². The molecule has 0 spiro atoms. The number of allylic oxidation sites excluding steroid dienone is 1. The first kappa shape index (κ1) is 16.0. The van der Waals surface area contributed by atoms with Crippen LogP contribution in [0.1, 0.15) is 31.9 Å². The van der Waals surface area contributed by atoms with E-state index in [1.165, 1.54) is 13.0 Å². The van der Waals surface area contributed by atoms with Crippen LogP contribution in [0.25, 0.3) is 6.08 Å². The van der Waals surface area contributed by atoms with E-state index in [2.05, 4.69) is 13.8 Å². The lowest BCUT2D eigenvalue weighted by Gasteiger charge is -2.14. The van der Waals surface area contributed by atoms with Gasteiger partial charge in [0.05, 0.1) is 19.1 Å². The lowest BCUT2D eigenvalue weighted by molar-refractivity contribution is -0.422. The highest BCUT2D eigenvalue weighted by Crippen LogP contribution is 2.32. The molecule has 0 heterocycles. The van der Waals surface area contributed by atoms with E-state index < -0.39 is 4.92 Å². The van der Waals surface area contributed by atoms with Crippen molar-refractivity contribution in [1.29, 1.82) is 0 Å². The molecule has 0 aliphatic heterocycles. The maximum atomic E-state index is 10.7. The van der Waals surface area contributed by atoms with Gasteiger partial charge in [-0.15, -0.1) is 0 Å². The standard InChI is InChI=1S/C15H21NO4/c1-10(2)6-12-8-15(20-5)13(9-14(12)19-4)7-11(3)16(17)18/h7-10H,6H2,1-5H3/b11-7+. The first-order valence-corrected chi connectivity index (χ1v) is 6.46. The third-order valence-electron chi connectivity index (χ3n) is 2.91. The van der Waals surface area contributed by atoms with Crippen LogP contribution < -0.4 is 9.47 Å². The molecule has 20 heavy (non-hydrogen) atoms. The largest absolute Gasteiger partial charge is 0.496 e. The number of benzene rings is 1. The summed E-state index contributed by atoms with van der Waals surface area (Å²) in [6.07, 6.45) is 2.35. The van der Waals surface area contributed by atoms with Gasteiger partial charge in [-0.2, -0.15) is 0 Å². The Morgan fingerprint density at radius 2 is 1.90 bits per heavy atom. The van der Waals surface area contributed by atoms with Crippen LogP contribution in [-0.4, -0.2) is 19.1 Å². The highest BCUT2D eigenvalue weighted by atomic mass is 16.6. The van der Waals surface area contributed by atoms with Crippen molar-refractivity contribution in [3.8, 4) is 11.5 Å². The second-order valence-electron chi connectivity index (χ2n) is 5.05. The SMILES string of the molecule is COc1cc(CC(C)C)c(OC)cc1/C=C(\C)[N+](=O)[O-]. The molecule has 110 valence electrons. The molecule has 5 heteroatoms. The number of hydrogen-bond donors (Lipinski definition) is 0. The van der Waals surface area contributed by atoms with Gasteiger partial charge in [0.25, 0.3) is 0 Å². The minimum Gasteiger partial charge on any atom is -0.496 e. The predicted octanol–water partition coefficient (Wildman–Crippen LogP) is 3.54. The van der Waals surface area contributed by atoms with Gasteiger partial charge in [0.2, 0.25) is 5.70 Å². The quantitative estimate of drug-likeness (QED) is 0.590. The summed E-state index contributed by atoms with van der Waals surface area (Å²) in [7, 11) is 3.15. The summed E-state index contributed by atoms with van der Waals surface area (Å²) < 4.78 is 10.7. The van der Waals surface area contributed by atoms with Crippen LogP contribution in [0.5, 0.6) is 11.5 Å². The third-order valence-corrected chi connectivity index (χ3v) is 2.91. The molecular formula is C15H21NO4. The van der Waals surface area contributed by atoms with Gasteiger partial charge in [-0.1, -0.05) is 13.8 Å². The maximum absolute atomic E-state index is 10.7. The molecule has 0 atom stereocenters. The molecule has 0 saturated carbocycles. The average Bonchev–Trinajstić information content (AvgIpc) is 2.38. The zero-order valence-electron chi connectivity index (χ0n) is 12.6. The molecule has 0 unspecified atom stereocenters. The van der Waals surface area contributed by atoms with Crippen LogP contribution in [0.2, 0.25) is 0 Å². The molecule has 0 saturated heterocycles. The van der Waals surface area contributed by atoms with Crippen molar-refractivity contribution in [2.45, 2.75) is 27.2 Å². The minimum absolute atomic E-state index is 0.0574. The second kappa shape index (κ2) is 6.93. The van der Waals surface area contributed by atoms with E-state index >= 15 is 0 Å². The fraction of sp³-hybridized carbons (Fsp3) is 0.467. The lowest BCUT2D eigenvalue weighted by Crippen LogP contribution is -2.01. The summed E-state index contributed by atoms with van der Waals surface area (Å²) in [6.45, 7) is 5.70. The van der Waals surface area contributed by atoms with E-state index in [0.29, 0.717) is 17.2 Å². The highest BCUT2D eigenvalue weighted by molar-refractivity contribution is 5.62. The van der Waals surface area contributed by atoms with Gasteiger partial charge in [-0.05, 0) is 30.0 Å². The van der Waals surface area contributed by atoms with Gasteiger partial charge in [0, 0.05) is 18.6 Å². The molecule has 0 fully saturated rings. The zero-order valence-corrected chi connectivity index (χ0v) is 12.6.